The van der Waals surface area contributed by atoms with Crippen LogP contribution in [-0.2, 0) is 4.79 Å². The molecule has 4 rings (SSSR count). The number of hydrogen-bond acceptors (Lipinski definition) is 3. The number of benzene rings is 1. The van der Waals surface area contributed by atoms with Crippen LogP contribution in [0.4, 0.5) is 0 Å². The van der Waals surface area contributed by atoms with Crippen LogP contribution in [0.2, 0.25) is 0 Å². The van der Waals surface area contributed by atoms with Gasteiger partial charge < -0.3 is 15.2 Å². The van der Waals surface area contributed by atoms with Gasteiger partial charge in [-0.1, -0.05) is 6.07 Å². The van der Waals surface area contributed by atoms with Crippen LogP contribution in [0.1, 0.15) is 28.4 Å². The van der Waals surface area contributed by atoms with Crippen LogP contribution in [-0.4, -0.2) is 40.3 Å². The molecule has 0 aliphatic carbocycles. The fraction of sp³-hybridized carbons (Fsp3) is 0.250. The Bertz CT molecular complexity index is 951. The molecule has 1 aliphatic rings. The second kappa shape index (κ2) is 6.63. The molecule has 6 heteroatoms. The van der Waals surface area contributed by atoms with E-state index in [9.17, 15) is 9.59 Å². The lowest BCUT2D eigenvalue weighted by molar-refractivity contribution is -0.127. The van der Waals surface area contributed by atoms with Crippen molar-refractivity contribution in [2.24, 2.45) is 5.92 Å². The van der Waals surface area contributed by atoms with Crippen LogP contribution < -0.4 is 5.32 Å². The minimum atomic E-state index is -0.120. The highest BCUT2D eigenvalue weighted by molar-refractivity contribution is 6.06. The van der Waals surface area contributed by atoms with Crippen molar-refractivity contribution in [3.63, 3.8) is 0 Å². The predicted molar refractivity (Wildman–Crippen MR) is 98.5 cm³/mol. The first-order valence-electron chi connectivity index (χ1n) is 8.65. The van der Waals surface area contributed by atoms with Crippen molar-refractivity contribution in [2.75, 3.05) is 13.6 Å². The molecule has 0 radical (unpaired) electrons. The number of amides is 2. The van der Waals surface area contributed by atoms with Gasteiger partial charge in [0.2, 0.25) is 5.91 Å². The molecule has 6 nitrogen and oxygen atoms in total. The van der Waals surface area contributed by atoms with Crippen LogP contribution in [0.5, 0.6) is 0 Å². The molecule has 0 saturated carbocycles. The third-order valence-electron chi connectivity index (χ3n) is 5.11. The van der Waals surface area contributed by atoms with E-state index in [2.05, 4.69) is 15.3 Å². The monoisotopic (exact) mass is 348 g/mol. The fourth-order valence-electron chi connectivity index (χ4n) is 3.79. The van der Waals surface area contributed by atoms with E-state index in [0.717, 1.165) is 16.5 Å². The van der Waals surface area contributed by atoms with Crippen LogP contribution in [0, 0.1) is 5.92 Å². The Balaban J connectivity index is 1.52. The molecule has 2 amide bonds. The number of pyridine rings is 1. The normalized spacial score (nSPS) is 19.9. The van der Waals surface area contributed by atoms with E-state index in [-0.39, 0.29) is 23.8 Å². The molecule has 3 heterocycles. The Hall–Kier alpha value is -3.15. The molecule has 2 atom stereocenters. The fourth-order valence-corrected chi connectivity index (χ4v) is 3.79. The number of fused-ring (bicyclic) bond motifs is 1. The Kier molecular flexibility index (Phi) is 4.16. The summed E-state index contributed by atoms with van der Waals surface area (Å²) in [6.07, 6.45) is 5.71. The van der Waals surface area contributed by atoms with E-state index in [4.69, 9.17) is 0 Å². The minimum absolute atomic E-state index is 0.0317. The van der Waals surface area contributed by atoms with Gasteiger partial charge in [0.05, 0.1) is 6.04 Å². The second-order valence-electron chi connectivity index (χ2n) is 6.65. The number of rotatable bonds is 4. The maximum Gasteiger partial charge on any atom is 0.251 e. The lowest BCUT2D eigenvalue weighted by atomic mass is 9.94. The van der Waals surface area contributed by atoms with Crippen LogP contribution in [0.3, 0.4) is 0 Å². The Morgan fingerprint density at radius 1 is 1.27 bits per heavy atom. The number of nitrogens with one attached hydrogen (secondary N) is 2. The van der Waals surface area contributed by atoms with Crippen LogP contribution in [0.15, 0.2) is 55.0 Å². The zero-order chi connectivity index (χ0) is 18.1. The number of H-pyrrole nitrogens is 1. The molecular weight excluding hydrogens is 328 g/mol. The number of aromatic nitrogens is 2. The zero-order valence-corrected chi connectivity index (χ0v) is 14.5. The largest absolute Gasteiger partial charge is 0.361 e. The summed E-state index contributed by atoms with van der Waals surface area (Å²) in [5, 5.41) is 3.91. The van der Waals surface area contributed by atoms with E-state index in [1.165, 1.54) is 0 Å². The van der Waals surface area contributed by atoms with Crippen molar-refractivity contribution in [1.29, 1.82) is 0 Å². The summed E-state index contributed by atoms with van der Waals surface area (Å²) in [5.74, 6) is 0.00811. The zero-order valence-electron chi connectivity index (χ0n) is 14.5. The molecule has 3 aromatic rings. The average molecular weight is 348 g/mol. The summed E-state index contributed by atoms with van der Waals surface area (Å²) in [6.45, 7) is 0.447. The summed E-state index contributed by atoms with van der Waals surface area (Å²) in [4.78, 5) is 33.8. The lowest BCUT2D eigenvalue weighted by Crippen LogP contribution is -2.32. The highest BCUT2D eigenvalue weighted by Gasteiger charge is 2.38. The van der Waals surface area contributed by atoms with Gasteiger partial charge in [0.1, 0.15) is 0 Å². The van der Waals surface area contributed by atoms with E-state index < -0.39 is 0 Å². The molecule has 1 aliphatic heterocycles. The van der Waals surface area contributed by atoms with Crippen molar-refractivity contribution in [3.05, 3.63) is 66.1 Å². The summed E-state index contributed by atoms with van der Waals surface area (Å²) >= 11 is 0. The molecule has 132 valence electrons. The van der Waals surface area contributed by atoms with E-state index in [1.807, 2.05) is 49.6 Å². The predicted octanol–water partition coefficient (Wildman–Crippen LogP) is 2.51. The van der Waals surface area contributed by atoms with Crippen molar-refractivity contribution in [1.82, 2.24) is 20.2 Å². The highest BCUT2D eigenvalue weighted by Crippen LogP contribution is 2.36. The third-order valence-corrected chi connectivity index (χ3v) is 5.11. The van der Waals surface area contributed by atoms with Gasteiger partial charge >= 0.3 is 0 Å². The number of aromatic amines is 1. The number of carbonyl (C=O) groups is 2. The number of hydrogen-bond donors (Lipinski definition) is 2. The summed E-state index contributed by atoms with van der Waals surface area (Å²) in [5.41, 5.74) is 2.62. The second-order valence-corrected chi connectivity index (χ2v) is 6.65. The van der Waals surface area contributed by atoms with Gasteiger partial charge in [0.25, 0.3) is 5.91 Å². The maximum absolute atomic E-state index is 12.7. The van der Waals surface area contributed by atoms with Crippen molar-refractivity contribution in [3.8, 4) is 0 Å². The Morgan fingerprint density at radius 3 is 2.88 bits per heavy atom. The van der Waals surface area contributed by atoms with E-state index >= 15 is 0 Å². The molecular formula is C20H20N4O2. The first-order chi connectivity index (χ1) is 12.6. The molecule has 0 spiro atoms. The van der Waals surface area contributed by atoms with Crippen LogP contribution in [0.25, 0.3) is 10.9 Å². The van der Waals surface area contributed by atoms with Gasteiger partial charge in [-0.3, -0.25) is 14.6 Å². The van der Waals surface area contributed by atoms with Crippen LogP contribution >= 0.6 is 0 Å². The first-order valence-corrected chi connectivity index (χ1v) is 8.65. The molecule has 1 aromatic carbocycles. The molecule has 0 unspecified atom stereocenters. The SMILES string of the molecule is CN1C(=O)C[C@@H](CNC(=O)c2cccc3[nH]ccc23)[C@@H]1c1ccncc1. The summed E-state index contributed by atoms with van der Waals surface area (Å²) in [7, 11) is 1.82. The van der Waals surface area contributed by atoms with Gasteiger partial charge in [-0.15, -0.1) is 0 Å². The van der Waals surface area contributed by atoms with Gasteiger partial charge in [0.15, 0.2) is 0 Å². The van der Waals surface area contributed by atoms with Crippen molar-refractivity contribution < 1.29 is 9.59 Å². The Labute approximate surface area is 151 Å². The molecule has 2 aromatic heterocycles. The van der Waals surface area contributed by atoms with Gasteiger partial charge in [-0.2, -0.15) is 0 Å². The number of carbonyl (C=O) groups excluding carboxylic acids is 2. The molecule has 1 fully saturated rings. The highest BCUT2D eigenvalue weighted by atomic mass is 16.2. The van der Waals surface area contributed by atoms with Gasteiger partial charge in [-0.25, -0.2) is 0 Å². The third kappa shape index (κ3) is 2.83. The minimum Gasteiger partial charge on any atom is -0.361 e. The molecule has 2 N–H and O–H groups in total. The van der Waals surface area contributed by atoms with Gasteiger partial charge in [-0.05, 0) is 35.9 Å². The lowest BCUT2D eigenvalue weighted by Gasteiger charge is -2.25. The maximum atomic E-state index is 12.7. The standard InChI is InChI=1S/C20H20N4O2/c1-24-18(25)11-14(19(24)13-5-8-21-9-6-13)12-23-20(26)16-3-2-4-17-15(16)7-10-22-17/h2-10,14,19,22H,11-12H2,1H3,(H,23,26)/t14-,19-/m0/s1. The van der Waals surface area contributed by atoms with E-state index in [1.54, 1.807) is 17.3 Å². The Morgan fingerprint density at radius 2 is 2.08 bits per heavy atom. The number of nitrogens with zero attached hydrogens (tertiary/aromatic N) is 2. The van der Waals surface area contributed by atoms with Crippen molar-refractivity contribution >= 4 is 22.7 Å². The first kappa shape index (κ1) is 16.3. The molecule has 26 heavy (non-hydrogen) atoms. The summed E-state index contributed by atoms with van der Waals surface area (Å²) < 4.78 is 0. The topological polar surface area (TPSA) is 78.1 Å². The molecule has 0 bridgehead atoms. The molecule has 1 saturated heterocycles. The van der Waals surface area contributed by atoms with Crippen molar-refractivity contribution in [2.45, 2.75) is 12.5 Å². The average Bonchev–Trinajstić information content (AvgIpc) is 3.25. The smallest absolute Gasteiger partial charge is 0.251 e. The van der Waals surface area contributed by atoms with E-state index in [0.29, 0.717) is 18.5 Å². The quantitative estimate of drug-likeness (QED) is 0.760. The van der Waals surface area contributed by atoms with Gasteiger partial charge in [0, 0.05) is 61.0 Å². The summed E-state index contributed by atoms with van der Waals surface area (Å²) in [6, 6.07) is 11.3. The number of likely N-dealkylation sites (tertiary alicyclic amines) is 1.